The van der Waals surface area contributed by atoms with Crippen LogP contribution in [0, 0.1) is 0 Å². The molecule has 0 radical (unpaired) electrons. The van der Waals surface area contributed by atoms with Crippen molar-refractivity contribution in [3.05, 3.63) is 156 Å². The number of hydrogen-bond acceptors (Lipinski definition) is 0. The van der Waals surface area contributed by atoms with Gasteiger partial charge in [-0.1, -0.05) is 113 Å². The van der Waals surface area contributed by atoms with Crippen molar-refractivity contribution in [1.29, 1.82) is 0 Å². The molecular weight excluding hydrogens is 546 g/mol. The number of hydrogen-bond donors (Lipinski definition) is 0. The SMILES string of the molecule is C1=CC(c2ccccc2)=C(c2ccc[c-]2C2=C(c3ccccc3)C=CC2)C1.Cl.Cl.[Zr].[cH-]1[cH-][cH-][cH-][cH-]1. The zero-order chi connectivity index (χ0) is 21.6. The molecule has 0 bridgehead atoms. The third kappa shape index (κ3) is 6.62. The molecule has 0 aromatic heterocycles. The number of allylic oxidation sites excluding steroid dienone is 8. The molecule has 180 valence electrons. The van der Waals surface area contributed by atoms with Gasteiger partial charge < -0.3 is 30.3 Å². The van der Waals surface area contributed by atoms with Crippen LogP contribution in [0.4, 0.5) is 0 Å². The molecule has 3 heteroatoms. The zero-order valence-corrected chi connectivity index (χ0v) is 23.5. The molecular formula is C32H28Cl2Zr-6. The first-order valence-corrected chi connectivity index (χ1v) is 11.2. The number of benzene rings is 2. The second-order valence-electron chi connectivity index (χ2n) is 8.04. The van der Waals surface area contributed by atoms with Crippen molar-refractivity contribution in [1.82, 2.24) is 0 Å². The molecule has 0 unspecified atom stereocenters. The Kier molecular flexibility index (Phi) is 11.7. The monoisotopic (exact) mass is 572 g/mol. The van der Waals surface area contributed by atoms with E-state index < -0.39 is 0 Å². The second-order valence-corrected chi connectivity index (χ2v) is 8.04. The Morgan fingerprint density at radius 3 is 1.69 bits per heavy atom. The summed E-state index contributed by atoms with van der Waals surface area (Å²) >= 11 is 0. The van der Waals surface area contributed by atoms with Crippen LogP contribution >= 0.6 is 24.8 Å². The fraction of sp³-hybridized carbons (Fsp3) is 0.0625. The molecule has 2 aliphatic rings. The summed E-state index contributed by atoms with van der Waals surface area (Å²) in [6.45, 7) is 0. The molecule has 0 nitrogen and oxygen atoms in total. The van der Waals surface area contributed by atoms with E-state index in [0.717, 1.165) is 12.8 Å². The fourth-order valence-electron chi connectivity index (χ4n) is 4.56. The molecule has 0 N–H and O–H groups in total. The molecule has 0 spiro atoms. The maximum Gasteiger partial charge on any atom is 0 e. The minimum Gasteiger partial charge on any atom is -0.748 e. The van der Waals surface area contributed by atoms with Gasteiger partial charge in [0.15, 0.2) is 0 Å². The van der Waals surface area contributed by atoms with E-state index in [1.54, 1.807) is 0 Å². The van der Waals surface area contributed by atoms with E-state index in [2.05, 4.69) is 103 Å². The van der Waals surface area contributed by atoms with Crippen LogP contribution in [-0.2, 0) is 26.2 Å². The predicted octanol–water partition coefficient (Wildman–Crippen LogP) is 9.39. The molecule has 4 aromatic carbocycles. The molecule has 0 amide bonds. The maximum absolute atomic E-state index is 2.29. The first kappa shape index (κ1) is 28.8. The van der Waals surface area contributed by atoms with Crippen molar-refractivity contribution in [3.8, 4) is 0 Å². The van der Waals surface area contributed by atoms with Crippen molar-refractivity contribution in [2.75, 3.05) is 0 Å². The Morgan fingerprint density at radius 1 is 0.571 bits per heavy atom. The van der Waals surface area contributed by atoms with E-state index in [1.807, 2.05) is 30.3 Å². The molecule has 0 saturated heterocycles. The van der Waals surface area contributed by atoms with Gasteiger partial charge >= 0.3 is 0 Å². The minimum atomic E-state index is 0. The molecule has 0 aliphatic heterocycles. The summed E-state index contributed by atoms with van der Waals surface area (Å²) in [6.07, 6.45) is 11.1. The van der Waals surface area contributed by atoms with Gasteiger partial charge in [0.1, 0.15) is 0 Å². The molecule has 0 saturated carbocycles. The van der Waals surface area contributed by atoms with E-state index in [4.69, 9.17) is 0 Å². The number of rotatable bonds is 4. The Morgan fingerprint density at radius 2 is 1.09 bits per heavy atom. The van der Waals surface area contributed by atoms with Gasteiger partial charge in [0, 0.05) is 26.2 Å². The first-order chi connectivity index (χ1) is 15.9. The van der Waals surface area contributed by atoms with Gasteiger partial charge in [0.2, 0.25) is 0 Å². The minimum absolute atomic E-state index is 0. The van der Waals surface area contributed by atoms with E-state index in [9.17, 15) is 0 Å². The topological polar surface area (TPSA) is 0 Å². The average molecular weight is 575 g/mol. The van der Waals surface area contributed by atoms with Crippen LogP contribution in [0.15, 0.2) is 133 Å². The van der Waals surface area contributed by atoms with Crippen molar-refractivity contribution in [2.45, 2.75) is 12.8 Å². The maximum atomic E-state index is 2.29. The van der Waals surface area contributed by atoms with Crippen LogP contribution in [-0.4, -0.2) is 0 Å². The third-order valence-electron chi connectivity index (χ3n) is 6.05. The molecule has 0 atom stereocenters. The summed E-state index contributed by atoms with van der Waals surface area (Å²) in [5.41, 5.74) is 11.0. The Balaban J connectivity index is 0.000000485. The summed E-state index contributed by atoms with van der Waals surface area (Å²) in [7, 11) is 0. The summed E-state index contributed by atoms with van der Waals surface area (Å²) in [6, 6.07) is 38.2. The predicted molar refractivity (Wildman–Crippen MR) is 153 cm³/mol. The third-order valence-corrected chi connectivity index (χ3v) is 6.05. The van der Waals surface area contributed by atoms with Crippen molar-refractivity contribution in [2.24, 2.45) is 0 Å². The first-order valence-electron chi connectivity index (χ1n) is 11.2. The van der Waals surface area contributed by atoms with Gasteiger partial charge in [-0.05, 0) is 24.0 Å². The molecule has 6 rings (SSSR count). The molecule has 35 heavy (non-hydrogen) atoms. The van der Waals surface area contributed by atoms with Crippen LogP contribution in [0.3, 0.4) is 0 Å². The standard InChI is InChI=1S/C27H21.C5H5.2ClH.Zr/c1-3-10-20(11-4-1)22-14-7-16-24(22)26-18-9-19-27(26)25-17-8-15-23(25)21-12-5-2-6-13-21;1-2-4-5-3-1;;;/h1-15,18-19H,16-17H2;1-5H;2*1H;/q-1;-5;;;. The van der Waals surface area contributed by atoms with E-state index in [1.165, 1.54) is 44.5 Å². The van der Waals surface area contributed by atoms with Crippen LogP contribution in [0.5, 0.6) is 0 Å². The van der Waals surface area contributed by atoms with Crippen LogP contribution in [0.2, 0.25) is 0 Å². The van der Waals surface area contributed by atoms with Gasteiger partial charge in [0.05, 0.1) is 0 Å². The Hall–Kier alpha value is -2.44. The van der Waals surface area contributed by atoms with E-state index in [0.29, 0.717) is 0 Å². The van der Waals surface area contributed by atoms with E-state index >= 15 is 0 Å². The van der Waals surface area contributed by atoms with Gasteiger partial charge in [-0.25, -0.2) is 0 Å². The van der Waals surface area contributed by atoms with Crippen LogP contribution in [0.1, 0.15) is 35.1 Å². The smallest absolute Gasteiger partial charge is 0 e. The summed E-state index contributed by atoms with van der Waals surface area (Å²) in [5, 5.41) is 0. The van der Waals surface area contributed by atoms with Gasteiger partial charge in [-0.2, -0.15) is 12.1 Å². The molecule has 0 heterocycles. The van der Waals surface area contributed by atoms with Crippen molar-refractivity contribution < 1.29 is 26.2 Å². The largest absolute Gasteiger partial charge is 0.748 e. The molecule has 0 fully saturated rings. The quantitative estimate of drug-likeness (QED) is 0.213. The summed E-state index contributed by atoms with van der Waals surface area (Å²) in [5.74, 6) is 0. The normalized spacial score (nSPS) is 13.5. The Bertz CT molecular complexity index is 1180. The van der Waals surface area contributed by atoms with Gasteiger partial charge in [0.25, 0.3) is 0 Å². The van der Waals surface area contributed by atoms with E-state index in [-0.39, 0.29) is 51.0 Å². The second kappa shape index (κ2) is 14.2. The molecule has 4 aromatic rings. The Labute approximate surface area is 240 Å². The van der Waals surface area contributed by atoms with Crippen LogP contribution in [0.25, 0.3) is 22.3 Å². The number of halogens is 2. The van der Waals surface area contributed by atoms with Gasteiger partial charge in [-0.3, -0.25) is 0 Å². The average Bonchev–Trinajstić information content (AvgIpc) is 3.66. The summed E-state index contributed by atoms with van der Waals surface area (Å²) < 4.78 is 0. The fourth-order valence-corrected chi connectivity index (χ4v) is 4.56. The molecule has 2 aliphatic carbocycles. The van der Waals surface area contributed by atoms with Gasteiger partial charge in [-0.15, -0.1) is 36.4 Å². The zero-order valence-electron chi connectivity index (χ0n) is 19.4. The summed E-state index contributed by atoms with van der Waals surface area (Å²) in [4.78, 5) is 0. The van der Waals surface area contributed by atoms with Crippen molar-refractivity contribution in [3.63, 3.8) is 0 Å². The van der Waals surface area contributed by atoms with Crippen molar-refractivity contribution >= 4 is 47.1 Å². The van der Waals surface area contributed by atoms with Crippen LogP contribution < -0.4 is 0 Å².